The summed E-state index contributed by atoms with van der Waals surface area (Å²) in [6.07, 6.45) is 0. The van der Waals surface area contributed by atoms with Gasteiger partial charge in [0.15, 0.2) is 28.8 Å². The van der Waals surface area contributed by atoms with Crippen LogP contribution in [0.2, 0.25) is 0 Å². The van der Waals surface area contributed by atoms with Crippen molar-refractivity contribution in [3.05, 3.63) is 229 Å². The van der Waals surface area contributed by atoms with Crippen molar-refractivity contribution in [1.82, 2.24) is 9.97 Å². The van der Waals surface area contributed by atoms with Crippen LogP contribution in [-0.2, 0) is 5.41 Å². The maximum atomic E-state index is 7.00. The van der Waals surface area contributed by atoms with E-state index in [1.54, 1.807) is 0 Å². The molecule has 11 rings (SSSR count). The first-order chi connectivity index (χ1) is 28.3. The molecule has 4 nitrogen and oxygen atoms in total. The van der Waals surface area contributed by atoms with Crippen molar-refractivity contribution in [2.75, 3.05) is 0 Å². The van der Waals surface area contributed by atoms with Crippen molar-refractivity contribution < 1.29 is 9.47 Å². The largest absolute Gasteiger partial charge is 0.449 e. The minimum atomic E-state index is -0.531. The summed E-state index contributed by atoms with van der Waals surface area (Å²) in [4.78, 5) is 10.1. The molecule has 2 heterocycles. The standard InChI is InChI=1S/C53H34N2O2/c1-5-17-35(18-6-1)45-34-46(55-52(54-45)36-19-7-2-8-20-36)38-22-15-21-37(33-38)41-28-16-30-47-50(41)56-48-32-31-44-49(51(48)57-47)42-27-13-14-29-43(42)53(44,39-23-9-3-10-24-39)40-25-11-4-12-26-40/h1-34H. The third kappa shape index (κ3) is 5.30. The van der Waals surface area contributed by atoms with Gasteiger partial charge in [-0.2, -0.15) is 0 Å². The summed E-state index contributed by atoms with van der Waals surface area (Å²) in [7, 11) is 0. The van der Waals surface area contributed by atoms with E-state index in [4.69, 9.17) is 19.4 Å². The second-order valence-corrected chi connectivity index (χ2v) is 14.5. The highest BCUT2D eigenvalue weighted by Gasteiger charge is 2.48. The van der Waals surface area contributed by atoms with Crippen molar-refractivity contribution in [3.8, 4) is 79.2 Å². The molecule has 0 atom stereocenters. The SMILES string of the molecule is c1ccc(-c2cc(-c3cccc(-c4cccc5c4Oc4ccc6c(c4O5)-c4ccccc4C6(c4ccccc4)c4ccccc4)c3)nc(-c3ccccc3)n2)cc1. The van der Waals surface area contributed by atoms with E-state index in [0.717, 1.165) is 56.1 Å². The predicted molar refractivity (Wildman–Crippen MR) is 228 cm³/mol. The minimum Gasteiger partial charge on any atom is -0.449 e. The number of hydrogen-bond acceptors (Lipinski definition) is 4. The molecule has 0 N–H and O–H groups in total. The first-order valence-electron chi connectivity index (χ1n) is 19.2. The summed E-state index contributed by atoms with van der Waals surface area (Å²) in [5.74, 6) is 3.46. The molecule has 1 aliphatic heterocycles. The smallest absolute Gasteiger partial charge is 0.178 e. The van der Waals surface area contributed by atoms with Gasteiger partial charge in [0.25, 0.3) is 0 Å². The van der Waals surface area contributed by atoms with E-state index in [9.17, 15) is 0 Å². The molecular weight excluding hydrogens is 697 g/mol. The lowest BCUT2D eigenvalue weighted by Gasteiger charge is -2.34. The molecule has 1 aromatic heterocycles. The average molecular weight is 731 g/mol. The molecular formula is C53H34N2O2. The Morgan fingerprint density at radius 3 is 1.60 bits per heavy atom. The highest BCUT2D eigenvalue weighted by Crippen LogP contribution is 2.62. The van der Waals surface area contributed by atoms with Crippen LogP contribution in [0.5, 0.6) is 23.0 Å². The molecule has 0 bridgehead atoms. The van der Waals surface area contributed by atoms with Crippen LogP contribution in [0.15, 0.2) is 206 Å². The van der Waals surface area contributed by atoms with Gasteiger partial charge in [-0.15, -0.1) is 0 Å². The van der Waals surface area contributed by atoms with E-state index >= 15 is 0 Å². The van der Waals surface area contributed by atoms with Crippen LogP contribution in [-0.4, -0.2) is 9.97 Å². The zero-order valence-electron chi connectivity index (χ0n) is 30.8. The van der Waals surface area contributed by atoms with Gasteiger partial charge in [-0.1, -0.05) is 182 Å². The molecule has 2 aliphatic rings. The van der Waals surface area contributed by atoms with E-state index in [1.165, 1.54) is 22.3 Å². The second kappa shape index (κ2) is 13.3. The van der Waals surface area contributed by atoms with Gasteiger partial charge in [0, 0.05) is 27.8 Å². The molecule has 0 saturated heterocycles. The summed E-state index contributed by atoms with van der Waals surface area (Å²) in [5, 5.41) is 0. The monoisotopic (exact) mass is 730 g/mol. The summed E-state index contributed by atoms with van der Waals surface area (Å²) in [5.41, 5.74) is 13.1. The van der Waals surface area contributed by atoms with Crippen LogP contribution in [0.4, 0.5) is 0 Å². The third-order valence-corrected chi connectivity index (χ3v) is 11.2. The number of nitrogens with zero attached hydrogens (tertiary/aromatic N) is 2. The number of aromatic nitrogens is 2. The Morgan fingerprint density at radius 1 is 0.351 bits per heavy atom. The van der Waals surface area contributed by atoms with E-state index in [2.05, 4.69) is 146 Å². The molecule has 8 aromatic carbocycles. The van der Waals surface area contributed by atoms with Gasteiger partial charge in [0.1, 0.15) is 0 Å². The average Bonchev–Trinajstić information content (AvgIpc) is 3.61. The quantitative estimate of drug-likeness (QED) is 0.171. The van der Waals surface area contributed by atoms with Crippen molar-refractivity contribution in [2.45, 2.75) is 5.41 Å². The normalized spacial score (nSPS) is 13.0. The lowest BCUT2D eigenvalue weighted by molar-refractivity contribution is 0.361. The number of para-hydroxylation sites is 1. The van der Waals surface area contributed by atoms with Gasteiger partial charge in [-0.3, -0.25) is 0 Å². The zero-order chi connectivity index (χ0) is 37.8. The zero-order valence-corrected chi connectivity index (χ0v) is 30.8. The maximum Gasteiger partial charge on any atom is 0.178 e. The van der Waals surface area contributed by atoms with Crippen molar-refractivity contribution in [2.24, 2.45) is 0 Å². The molecule has 4 heteroatoms. The lowest BCUT2D eigenvalue weighted by atomic mass is 9.68. The highest BCUT2D eigenvalue weighted by atomic mass is 16.6. The van der Waals surface area contributed by atoms with Gasteiger partial charge in [-0.05, 0) is 57.6 Å². The van der Waals surface area contributed by atoms with Crippen LogP contribution in [0, 0.1) is 0 Å². The minimum absolute atomic E-state index is 0.531. The topological polar surface area (TPSA) is 44.2 Å². The molecule has 268 valence electrons. The van der Waals surface area contributed by atoms with E-state index in [0.29, 0.717) is 23.1 Å². The first-order valence-corrected chi connectivity index (χ1v) is 19.2. The van der Waals surface area contributed by atoms with Gasteiger partial charge >= 0.3 is 0 Å². The van der Waals surface area contributed by atoms with E-state index in [-0.39, 0.29) is 0 Å². The molecule has 57 heavy (non-hydrogen) atoms. The number of hydrogen-bond donors (Lipinski definition) is 0. The van der Waals surface area contributed by atoms with Crippen molar-refractivity contribution in [3.63, 3.8) is 0 Å². The van der Waals surface area contributed by atoms with Gasteiger partial charge in [0.05, 0.1) is 16.8 Å². The lowest BCUT2D eigenvalue weighted by Crippen LogP contribution is -2.28. The van der Waals surface area contributed by atoms with Crippen LogP contribution in [0.3, 0.4) is 0 Å². The van der Waals surface area contributed by atoms with E-state index < -0.39 is 5.41 Å². The fourth-order valence-electron chi connectivity index (χ4n) is 8.73. The summed E-state index contributed by atoms with van der Waals surface area (Å²) in [6, 6.07) is 71.7. The van der Waals surface area contributed by atoms with Gasteiger partial charge in [0.2, 0.25) is 0 Å². The van der Waals surface area contributed by atoms with Crippen LogP contribution in [0.1, 0.15) is 22.3 Å². The molecule has 9 aromatic rings. The van der Waals surface area contributed by atoms with E-state index in [1.807, 2.05) is 60.7 Å². The number of ether oxygens (including phenoxy) is 2. The van der Waals surface area contributed by atoms with Gasteiger partial charge in [-0.25, -0.2) is 9.97 Å². The fraction of sp³-hybridized carbons (Fsp3) is 0.0189. The summed E-state index contributed by atoms with van der Waals surface area (Å²) in [6.45, 7) is 0. The van der Waals surface area contributed by atoms with Gasteiger partial charge < -0.3 is 9.47 Å². The van der Waals surface area contributed by atoms with Crippen LogP contribution >= 0.6 is 0 Å². The summed E-state index contributed by atoms with van der Waals surface area (Å²) >= 11 is 0. The van der Waals surface area contributed by atoms with Crippen LogP contribution in [0.25, 0.3) is 56.2 Å². The molecule has 1 aliphatic carbocycles. The fourth-order valence-corrected chi connectivity index (χ4v) is 8.73. The second-order valence-electron chi connectivity index (χ2n) is 14.5. The Kier molecular flexibility index (Phi) is 7.68. The molecule has 0 spiro atoms. The highest BCUT2D eigenvalue weighted by molar-refractivity contribution is 5.92. The molecule has 0 fully saturated rings. The molecule has 0 unspecified atom stereocenters. The predicted octanol–water partition coefficient (Wildman–Crippen LogP) is 13.4. The number of benzene rings is 8. The van der Waals surface area contributed by atoms with Crippen molar-refractivity contribution >= 4 is 0 Å². The Morgan fingerprint density at radius 2 is 0.877 bits per heavy atom. The molecule has 0 amide bonds. The molecule has 0 saturated carbocycles. The van der Waals surface area contributed by atoms with Crippen molar-refractivity contribution in [1.29, 1.82) is 0 Å². The third-order valence-electron chi connectivity index (χ3n) is 11.2. The van der Waals surface area contributed by atoms with Crippen LogP contribution < -0.4 is 9.47 Å². The number of fused-ring (bicyclic) bond motifs is 6. The summed E-state index contributed by atoms with van der Waals surface area (Å²) < 4.78 is 13.9. The number of rotatable bonds is 6. The Bertz CT molecular complexity index is 2850. The Balaban J connectivity index is 1.03. The molecule has 0 radical (unpaired) electrons. The Hall–Kier alpha value is -7.56. The maximum absolute atomic E-state index is 7.00. The Labute approximate surface area is 331 Å². The first kappa shape index (κ1) is 32.8.